The van der Waals surface area contributed by atoms with E-state index in [-0.39, 0.29) is 6.04 Å². The van der Waals surface area contributed by atoms with Crippen molar-refractivity contribution in [3.05, 3.63) is 41.7 Å². The molecule has 4 nitrogen and oxygen atoms in total. The molecule has 2 aromatic rings. The van der Waals surface area contributed by atoms with Gasteiger partial charge in [0.05, 0.1) is 11.8 Å². The van der Waals surface area contributed by atoms with Crippen LogP contribution < -0.4 is 0 Å². The third kappa shape index (κ3) is 2.45. The van der Waals surface area contributed by atoms with Crippen LogP contribution in [-0.4, -0.2) is 27.5 Å². The number of nitriles is 1. The summed E-state index contributed by atoms with van der Waals surface area (Å²) in [6.45, 7) is 4.04. The van der Waals surface area contributed by atoms with Crippen LogP contribution in [0, 0.1) is 18.3 Å². The summed E-state index contributed by atoms with van der Waals surface area (Å²) >= 11 is 0. The predicted molar refractivity (Wildman–Crippen MR) is 82.5 cm³/mol. The fourth-order valence-electron chi connectivity index (χ4n) is 3.02. The monoisotopic (exact) mass is 280 g/mol. The minimum atomic E-state index is -0.226. The third-order valence-electron chi connectivity index (χ3n) is 4.34. The molecule has 1 atom stereocenters. The maximum atomic E-state index is 9.59. The van der Waals surface area contributed by atoms with Gasteiger partial charge in [-0.3, -0.25) is 4.90 Å². The second kappa shape index (κ2) is 5.71. The first-order chi connectivity index (χ1) is 10.2. The van der Waals surface area contributed by atoms with Crippen molar-refractivity contribution in [3.63, 3.8) is 0 Å². The van der Waals surface area contributed by atoms with Crippen LogP contribution in [0.2, 0.25) is 0 Å². The van der Waals surface area contributed by atoms with E-state index >= 15 is 0 Å². The van der Waals surface area contributed by atoms with Gasteiger partial charge in [0.15, 0.2) is 0 Å². The Morgan fingerprint density at radius 2 is 1.86 bits per heavy atom. The normalized spacial score (nSPS) is 16.8. The lowest BCUT2D eigenvalue weighted by Gasteiger charge is -2.20. The molecule has 1 saturated heterocycles. The lowest BCUT2D eigenvalue weighted by atomic mass is 10.1. The van der Waals surface area contributed by atoms with Crippen molar-refractivity contribution in [2.24, 2.45) is 7.05 Å². The van der Waals surface area contributed by atoms with Crippen LogP contribution in [0.4, 0.5) is 0 Å². The number of likely N-dealkylation sites (tertiary alicyclic amines) is 1. The van der Waals surface area contributed by atoms with Gasteiger partial charge in [-0.15, -0.1) is 0 Å². The first kappa shape index (κ1) is 13.8. The topological polar surface area (TPSA) is 44.9 Å². The second-order valence-electron chi connectivity index (χ2n) is 5.61. The highest BCUT2D eigenvalue weighted by Crippen LogP contribution is 2.29. The molecule has 1 unspecified atom stereocenters. The molecule has 0 spiro atoms. The van der Waals surface area contributed by atoms with Crippen molar-refractivity contribution in [3.8, 4) is 17.5 Å². The van der Waals surface area contributed by atoms with Crippen LogP contribution in [-0.2, 0) is 7.05 Å². The average molecular weight is 280 g/mol. The van der Waals surface area contributed by atoms with Crippen LogP contribution >= 0.6 is 0 Å². The molecule has 1 aliphatic heterocycles. The van der Waals surface area contributed by atoms with Crippen LogP contribution in [0.3, 0.4) is 0 Å². The second-order valence-corrected chi connectivity index (χ2v) is 5.61. The lowest BCUT2D eigenvalue weighted by Crippen LogP contribution is -2.25. The quantitative estimate of drug-likeness (QED) is 0.868. The van der Waals surface area contributed by atoms with E-state index in [9.17, 15) is 5.26 Å². The highest BCUT2D eigenvalue weighted by atomic mass is 15.2. The molecule has 1 fully saturated rings. The van der Waals surface area contributed by atoms with E-state index in [4.69, 9.17) is 4.98 Å². The van der Waals surface area contributed by atoms with Gasteiger partial charge in [0, 0.05) is 18.3 Å². The number of imidazole rings is 1. The van der Waals surface area contributed by atoms with E-state index in [0.29, 0.717) is 0 Å². The summed E-state index contributed by atoms with van der Waals surface area (Å²) in [5, 5.41) is 9.59. The number of hydrogen-bond donors (Lipinski definition) is 0. The van der Waals surface area contributed by atoms with Gasteiger partial charge in [-0.1, -0.05) is 30.3 Å². The summed E-state index contributed by atoms with van der Waals surface area (Å²) in [7, 11) is 2.02. The van der Waals surface area contributed by atoms with Crippen LogP contribution in [0.15, 0.2) is 30.3 Å². The molecule has 0 amide bonds. The summed E-state index contributed by atoms with van der Waals surface area (Å²) in [5.41, 5.74) is 3.07. The molecule has 1 aromatic heterocycles. The smallest absolute Gasteiger partial charge is 0.142 e. The molecular weight excluding hydrogens is 260 g/mol. The van der Waals surface area contributed by atoms with Crippen LogP contribution in [0.1, 0.15) is 30.3 Å². The van der Waals surface area contributed by atoms with Crippen molar-refractivity contribution in [2.75, 3.05) is 13.1 Å². The van der Waals surface area contributed by atoms with Gasteiger partial charge < -0.3 is 4.57 Å². The van der Waals surface area contributed by atoms with Gasteiger partial charge in [0.1, 0.15) is 11.9 Å². The fourth-order valence-corrected chi connectivity index (χ4v) is 3.02. The first-order valence-corrected chi connectivity index (χ1v) is 7.44. The molecule has 108 valence electrons. The number of aromatic nitrogens is 2. The molecule has 0 radical (unpaired) electrons. The fraction of sp³-hybridized carbons (Fsp3) is 0.412. The van der Waals surface area contributed by atoms with Crippen molar-refractivity contribution >= 4 is 0 Å². The van der Waals surface area contributed by atoms with Crippen molar-refractivity contribution < 1.29 is 0 Å². The Hall–Kier alpha value is -2.12. The summed E-state index contributed by atoms with van der Waals surface area (Å²) in [6.07, 6.45) is 2.35. The van der Waals surface area contributed by atoms with Crippen molar-refractivity contribution in [1.29, 1.82) is 5.26 Å². The molecule has 0 saturated carbocycles. The van der Waals surface area contributed by atoms with E-state index in [1.54, 1.807) is 0 Å². The van der Waals surface area contributed by atoms with Gasteiger partial charge in [-0.25, -0.2) is 4.98 Å². The maximum Gasteiger partial charge on any atom is 0.142 e. The minimum absolute atomic E-state index is 0.226. The zero-order chi connectivity index (χ0) is 14.8. The maximum absolute atomic E-state index is 9.59. The molecule has 1 aromatic carbocycles. The zero-order valence-electron chi connectivity index (χ0n) is 12.6. The average Bonchev–Trinajstić information content (AvgIpc) is 3.13. The van der Waals surface area contributed by atoms with E-state index < -0.39 is 0 Å². The molecule has 3 rings (SSSR count). The van der Waals surface area contributed by atoms with Crippen molar-refractivity contribution in [2.45, 2.75) is 25.8 Å². The van der Waals surface area contributed by atoms with Crippen LogP contribution in [0.25, 0.3) is 11.4 Å². The Bertz CT molecular complexity index is 660. The molecule has 2 heterocycles. The van der Waals surface area contributed by atoms with Crippen LogP contribution in [0.5, 0.6) is 0 Å². The van der Waals surface area contributed by atoms with Gasteiger partial charge >= 0.3 is 0 Å². The molecule has 0 aliphatic carbocycles. The van der Waals surface area contributed by atoms with Crippen molar-refractivity contribution in [1.82, 2.24) is 14.5 Å². The largest absolute Gasteiger partial charge is 0.331 e. The Morgan fingerprint density at radius 1 is 1.19 bits per heavy atom. The van der Waals surface area contributed by atoms with E-state index in [1.807, 2.05) is 25.2 Å². The highest BCUT2D eigenvalue weighted by Gasteiger charge is 2.28. The molecular formula is C17H20N4. The van der Waals surface area contributed by atoms with E-state index in [0.717, 1.165) is 35.9 Å². The molecule has 1 aliphatic rings. The predicted octanol–water partition coefficient (Wildman–Crippen LogP) is 3.06. The summed E-state index contributed by atoms with van der Waals surface area (Å²) < 4.78 is 2.09. The van der Waals surface area contributed by atoms with Gasteiger partial charge in [0.2, 0.25) is 0 Å². The molecule has 21 heavy (non-hydrogen) atoms. The molecule has 0 N–H and O–H groups in total. The number of benzene rings is 1. The first-order valence-electron chi connectivity index (χ1n) is 7.44. The summed E-state index contributed by atoms with van der Waals surface area (Å²) in [5.74, 6) is 0.933. The standard InChI is InChI=1S/C17H20N4/c1-13-16(15(12-18)21-10-6-7-11-21)19-17(20(13)2)14-8-4-3-5-9-14/h3-5,8-9,15H,6-7,10-11H2,1-2H3. The number of hydrogen-bond acceptors (Lipinski definition) is 3. The zero-order valence-corrected chi connectivity index (χ0v) is 12.6. The SMILES string of the molecule is Cc1c(C(C#N)N2CCCC2)nc(-c2ccccc2)n1C. The third-order valence-corrected chi connectivity index (χ3v) is 4.34. The highest BCUT2D eigenvalue weighted by molar-refractivity contribution is 5.57. The molecule has 4 heteroatoms. The number of nitrogens with zero attached hydrogens (tertiary/aromatic N) is 4. The Morgan fingerprint density at radius 3 is 2.48 bits per heavy atom. The summed E-state index contributed by atoms with van der Waals surface area (Å²) in [6, 6.07) is 12.4. The van der Waals surface area contributed by atoms with Gasteiger partial charge in [-0.05, 0) is 32.9 Å². The minimum Gasteiger partial charge on any atom is -0.331 e. The Labute approximate surface area is 125 Å². The Balaban J connectivity index is 2.02. The molecule has 0 bridgehead atoms. The Kier molecular flexibility index (Phi) is 3.76. The van der Waals surface area contributed by atoms with Gasteiger partial charge in [0.25, 0.3) is 0 Å². The number of rotatable bonds is 3. The summed E-state index contributed by atoms with van der Waals surface area (Å²) in [4.78, 5) is 7.03. The van der Waals surface area contributed by atoms with E-state index in [2.05, 4.69) is 34.6 Å². The lowest BCUT2D eigenvalue weighted by molar-refractivity contribution is 0.289. The van der Waals surface area contributed by atoms with E-state index in [1.165, 1.54) is 12.8 Å². The van der Waals surface area contributed by atoms with Gasteiger partial charge in [-0.2, -0.15) is 5.26 Å².